The molecule has 19 heavy (non-hydrogen) atoms. The van der Waals surface area contributed by atoms with Crippen molar-refractivity contribution in [1.82, 2.24) is 14.8 Å². The zero-order chi connectivity index (χ0) is 13.2. The Hall–Kier alpha value is -1.28. The zero-order valence-corrected chi connectivity index (χ0v) is 11.3. The van der Waals surface area contributed by atoms with Gasteiger partial charge in [-0.3, -0.25) is 9.36 Å². The minimum Gasteiger partial charge on any atom is -0.481 e. The second-order valence-electron chi connectivity index (χ2n) is 4.67. The van der Waals surface area contributed by atoms with Crippen LogP contribution in [-0.4, -0.2) is 57.9 Å². The molecule has 8 heteroatoms. The van der Waals surface area contributed by atoms with Crippen molar-refractivity contribution in [1.29, 1.82) is 0 Å². The molecule has 1 aliphatic carbocycles. The Morgan fingerprint density at radius 3 is 2.74 bits per heavy atom. The summed E-state index contributed by atoms with van der Waals surface area (Å²) >= 11 is 1.24. The highest BCUT2D eigenvalue weighted by molar-refractivity contribution is 7.99. The number of hydrogen-bond donors (Lipinski definition) is 1. The second-order valence-corrected chi connectivity index (χ2v) is 5.61. The average molecular weight is 284 g/mol. The van der Waals surface area contributed by atoms with E-state index in [1.165, 1.54) is 11.8 Å². The molecule has 2 aliphatic rings. The van der Waals surface area contributed by atoms with Crippen LogP contribution < -0.4 is 4.90 Å². The second kappa shape index (κ2) is 5.38. The lowest BCUT2D eigenvalue weighted by atomic mass is 10.4. The minimum atomic E-state index is -0.830. The molecule has 0 unspecified atom stereocenters. The predicted molar refractivity (Wildman–Crippen MR) is 69.7 cm³/mol. The summed E-state index contributed by atoms with van der Waals surface area (Å²) in [7, 11) is 0. The van der Waals surface area contributed by atoms with Crippen molar-refractivity contribution >= 4 is 23.7 Å². The normalized spacial score (nSPS) is 19.7. The van der Waals surface area contributed by atoms with Crippen LogP contribution >= 0.6 is 11.8 Å². The van der Waals surface area contributed by atoms with Crippen LogP contribution in [0.3, 0.4) is 0 Å². The first kappa shape index (κ1) is 12.7. The summed E-state index contributed by atoms with van der Waals surface area (Å²) in [4.78, 5) is 12.8. The lowest BCUT2D eigenvalue weighted by molar-refractivity contribution is -0.133. The molecule has 1 aromatic rings. The van der Waals surface area contributed by atoms with Crippen molar-refractivity contribution in [2.45, 2.75) is 24.0 Å². The first-order valence-electron chi connectivity index (χ1n) is 6.38. The van der Waals surface area contributed by atoms with Gasteiger partial charge in [-0.15, -0.1) is 10.2 Å². The molecular formula is C11H16N4O3S. The standard InChI is InChI=1S/C11H16N4O3S/c16-9(17)7-19-11-13-12-10(15(11)8-1-2-8)14-3-5-18-6-4-14/h8H,1-7H2,(H,16,17). The Balaban J connectivity index is 1.81. The number of thioether (sulfide) groups is 1. The predicted octanol–water partition coefficient (Wildman–Crippen LogP) is 0.626. The highest BCUT2D eigenvalue weighted by Crippen LogP contribution is 2.40. The SMILES string of the molecule is O=C(O)CSc1nnc(N2CCOCC2)n1C1CC1. The third-order valence-corrected chi connectivity index (χ3v) is 4.11. The summed E-state index contributed by atoms with van der Waals surface area (Å²) in [6, 6.07) is 0.434. The summed E-state index contributed by atoms with van der Waals surface area (Å²) < 4.78 is 7.44. The Labute approximate surface area is 114 Å². The molecule has 1 N–H and O–H groups in total. The molecule has 1 saturated carbocycles. The number of carboxylic acid groups (broad SMARTS) is 1. The third kappa shape index (κ3) is 2.84. The lowest BCUT2D eigenvalue weighted by Gasteiger charge is -2.27. The van der Waals surface area contributed by atoms with Crippen molar-refractivity contribution in [2.75, 3.05) is 37.0 Å². The molecule has 7 nitrogen and oxygen atoms in total. The molecule has 0 bridgehead atoms. The molecule has 3 rings (SSSR count). The van der Waals surface area contributed by atoms with Crippen LogP contribution in [0.2, 0.25) is 0 Å². The van der Waals surface area contributed by atoms with Gasteiger partial charge in [0.05, 0.1) is 19.0 Å². The molecule has 2 fully saturated rings. The van der Waals surface area contributed by atoms with Gasteiger partial charge in [0, 0.05) is 19.1 Å². The van der Waals surface area contributed by atoms with Gasteiger partial charge in [-0.2, -0.15) is 0 Å². The number of ether oxygens (including phenoxy) is 1. The van der Waals surface area contributed by atoms with Crippen LogP contribution in [0.4, 0.5) is 5.95 Å². The number of hydrogen-bond acceptors (Lipinski definition) is 6. The number of rotatable bonds is 5. The van der Waals surface area contributed by atoms with Crippen LogP contribution in [0.15, 0.2) is 5.16 Å². The van der Waals surface area contributed by atoms with Gasteiger partial charge in [0.25, 0.3) is 0 Å². The van der Waals surface area contributed by atoms with E-state index >= 15 is 0 Å². The quantitative estimate of drug-likeness (QED) is 0.794. The molecule has 0 spiro atoms. The Bertz CT molecular complexity index is 469. The Morgan fingerprint density at radius 1 is 1.37 bits per heavy atom. The van der Waals surface area contributed by atoms with Crippen molar-refractivity contribution in [3.8, 4) is 0 Å². The number of aliphatic carboxylic acids is 1. The van der Waals surface area contributed by atoms with E-state index in [4.69, 9.17) is 9.84 Å². The smallest absolute Gasteiger partial charge is 0.313 e. The molecule has 0 aromatic carbocycles. The van der Waals surface area contributed by atoms with Gasteiger partial charge in [-0.25, -0.2) is 0 Å². The van der Waals surface area contributed by atoms with Gasteiger partial charge in [-0.1, -0.05) is 11.8 Å². The topological polar surface area (TPSA) is 80.5 Å². The fraction of sp³-hybridized carbons (Fsp3) is 0.727. The molecule has 0 atom stereocenters. The molecule has 2 heterocycles. The van der Waals surface area contributed by atoms with Gasteiger partial charge in [0.1, 0.15) is 0 Å². The number of nitrogens with zero attached hydrogens (tertiary/aromatic N) is 4. The van der Waals surface area contributed by atoms with E-state index in [0.29, 0.717) is 24.4 Å². The lowest BCUT2D eigenvalue weighted by Crippen LogP contribution is -2.38. The van der Waals surface area contributed by atoms with Crippen molar-refractivity contribution in [3.05, 3.63) is 0 Å². The molecule has 1 aromatic heterocycles. The largest absolute Gasteiger partial charge is 0.481 e. The summed E-state index contributed by atoms with van der Waals surface area (Å²) in [5, 5.41) is 17.9. The van der Waals surface area contributed by atoms with Gasteiger partial charge in [-0.05, 0) is 12.8 Å². The maximum atomic E-state index is 10.7. The fourth-order valence-electron chi connectivity index (χ4n) is 2.13. The van der Waals surface area contributed by atoms with Crippen LogP contribution in [0.5, 0.6) is 0 Å². The molecule has 0 radical (unpaired) electrons. The van der Waals surface area contributed by atoms with Gasteiger partial charge < -0.3 is 14.7 Å². The average Bonchev–Trinajstić information content (AvgIpc) is 3.17. The van der Waals surface area contributed by atoms with Crippen molar-refractivity contribution < 1.29 is 14.6 Å². The van der Waals surface area contributed by atoms with E-state index in [1.54, 1.807) is 0 Å². The monoisotopic (exact) mass is 284 g/mol. The van der Waals surface area contributed by atoms with Gasteiger partial charge >= 0.3 is 5.97 Å². The van der Waals surface area contributed by atoms with Gasteiger partial charge in [0.15, 0.2) is 5.16 Å². The third-order valence-electron chi connectivity index (χ3n) is 3.18. The van der Waals surface area contributed by atoms with Crippen LogP contribution in [0.25, 0.3) is 0 Å². The van der Waals surface area contributed by atoms with E-state index in [2.05, 4.69) is 19.7 Å². The van der Waals surface area contributed by atoms with Crippen LogP contribution in [0, 0.1) is 0 Å². The molecule has 104 valence electrons. The fourth-order valence-corrected chi connectivity index (χ4v) is 2.85. The van der Waals surface area contributed by atoms with E-state index in [1.807, 2.05) is 0 Å². The van der Waals surface area contributed by atoms with E-state index in [0.717, 1.165) is 31.9 Å². The van der Waals surface area contributed by atoms with Crippen molar-refractivity contribution in [3.63, 3.8) is 0 Å². The molecule has 1 saturated heterocycles. The van der Waals surface area contributed by atoms with E-state index in [9.17, 15) is 4.79 Å². The number of anilines is 1. The molecular weight excluding hydrogens is 268 g/mol. The van der Waals surface area contributed by atoms with Crippen molar-refractivity contribution in [2.24, 2.45) is 0 Å². The Kier molecular flexibility index (Phi) is 3.61. The van der Waals surface area contributed by atoms with Gasteiger partial charge in [0.2, 0.25) is 5.95 Å². The summed E-state index contributed by atoms with van der Waals surface area (Å²) in [5.74, 6) is 0.0514. The maximum Gasteiger partial charge on any atom is 0.313 e. The number of morpholine rings is 1. The van der Waals surface area contributed by atoms with E-state index < -0.39 is 5.97 Å². The summed E-state index contributed by atoms with van der Waals surface area (Å²) in [5.41, 5.74) is 0. The first-order chi connectivity index (χ1) is 9.25. The number of aromatic nitrogens is 3. The number of carboxylic acids is 1. The maximum absolute atomic E-state index is 10.7. The number of carbonyl (C=O) groups is 1. The zero-order valence-electron chi connectivity index (χ0n) is 10.5. The molecule has 1 aliphatic heterocycles. The summed E-state index contributed by atoms with van der Waals surface area (Å²) in [6.45, 7) is 3.03. The first-order valence-corrected chi connectivity index (χ1v) is 7.36. The molecule has 0 amide bonds. The highest BCUT2D eigenvalue weighted by atomic mass is 32.2. The van der Waals surface area contributed by atoms with Crippen LogP contribution in [0.1, 0.15) is 18.9 Å². The van der Waals surface area contributed by atoms with Crippen LogP contribution in [-0.2, 0) is 9.53 Å². The Morgan fingerprint density at radius 2 is 2.11 bits per heavy atom. The minimum absolute atomic E-state index is 0.0218. The summed E-state index contributed by atoms with van der Waals surface area (Å²) in [6.07, 6.45) is 2.24. The highest BCUT2D eigenvalue weighted by Gasteiger charge is 2.32. The van der Waals surface area contributed by atoms with E-state index in [-0.39, 0.29) is 5.75 Å².